The molecule has 0 aliphatic carbocycles. The van der Waals surface area contributed by atoms with Crippen LogP contribution in [0.2, 0.25) is 0 Å². The monoisotopic (exact) mass is 264 g/mol. The van der Waals surface area contributed by atoms with E-state index in [9.17, 15) is 4.79 Å². The molecule has 0 spiro atoms. The van der Waals surface area contributed by atoms with Gasteiger partial charge in [-0.15, -0.1) is 12.4 Å². The predicted octanol–water partition coefficient (Wildman–Crippen LogP) is 1.47. The number of ether oxygens (including phenoxy) is 1. The molecule has 1 heterocycles. The van der Waals surface area contributed by atoms with Crippen molar-refractivity contribution < 1.29 is 9.53 Å². The van der Waals surface area contributed by atoms with Crippen molar-refractivity contribution in [3.05, 3.63) is 0 Å². The number of halogens is 1. The SMILES string of the molecule is CC(CN)CNC(=O)CCC1CCCCO1.Cl. The molecule has 2 atom stereocenters. The van der Waals surface area contributed by atoms with Crippen LogP contribution in [0.5, 0.6) is 0 Å². The summed E-state index contributed by atoms with van der Waals surface area (Å²) in [6.07, 6.45) is 5.22. The van der Waals surface area contributed by atoms with Crippen LogP contribution in [0.3, 0.4) is 0 Å². The highest BCUT2D eigenvalue weighted by Gasteiger charge is 2.15. The van der Waals surface area contributed by atoms with Crippen molar-refractivity contribution in [2.75, 3.05) is 19.7 Å². The van der Waals surface area contributed by atoms with Crippen LogP contribution >= 0.6 is 12.4 Å². The second kappa shape index (κ2) is 9.68. The van der Waals surface area contributed by atoms with E-state index in [0.717, 1.165) is 25.9 Å². The van der Waals surface area contributed by atoms with Crippen LogP contribution < -0.4 is 11.1 Å². The van der Waals surface area contributed by atoms with Crippen molar-refractivity contribution in [2.45, 2.75) is 45.1 Å². The fourth-order valence-electron chi connectivity index (χ4n) is 1.79. The number of hydrogen-bond acceptors (Lipinski definition) is 3. The Hall–Kier alpha value is -0.320. The minimum absolute atomic E-state index is 0. The highest BCUT2D eigenvalue weighted by atomic mass is 35.5. The summed E-state index contributed by atoms with van der Waals surface area (Å²) in [5, 5.41) is 2.90. The van der Waals surface area contributed by atoms with Crippen molar-refractivity contribution >= 4 is 18.3 Å². The van der Waals surface area contributed by atoms with Gasteiger partial charge in [0.2, 0.25) is 5.91 Å². The van der Waals surface area contributed by atoms with Gasteiger partial charge < -0.3 is 15.8 Å². The molecule has 102 valence electrons. The Balaban J connectivity index is 0.00000256. The molecule has 5 heteroatoms. The molecule has 1 aliphatic heterocycles. The predicted molar refractivity (Wildman–Crippen MR) is 71.3 cm³/mol. The van der Waals surface area contributed by atoms with Crippen molar-refractivity contribution in [1.29, 1.82) is 0 Å². The molecule has 1 saturated heterocycles. The van der Waals surface area contributed by atoms with Gasteiger partial charge in [-0.25, -0.2) is 0 Å². The third kappa shape index (κ3) is 7.58. The summed E-state index contributed by atoms with van der Waals surface area (Å²) in [5.74, 6) is 0.476. The Morgan fingerprint density at radius 2 is 2.29 bits per heavy atom. The Bertz CT molecular complexity index is 209. The fourth-order valence-corrected chi connectivity index (χ4v) is 1.79. The van der Waals surface area contributed by atoms with Crippen LogP contribution in [0.1, 0.15) is 39.0 Å². The molecule has 0 radical (unpaired) electrons. The molecule has 0 aromatic heterocycles. The van der Waals surface area contributed by atoms with E-state index in [0.29, 0.717) is 31.5 Å². The average molecular weight is 265 g/mol. The molecule has 0 aromatic carbocycles. The van der Waals surface area contributed by atoms with Crippen molar-refractivity contribution in [3.8, 4) is 0 Å². The summed E-state index contributed by atoms with van der Waals surface area (Å²) in [6, 6.07) is 0. The summed E-state index contributed by atoms with van der Waals surface area (Å²) in [7, 11) is 0. The Morgan fingerprint density at radius 3 is 2.88 bits per heavy atom. The van der Waals surface area contributed by atoms with Gasteiger partial charge in [-0.05, 0) is 38.1 Å². The molecule has 0 aromatic rings. The van der Waals surface area contributed by atoms with Gasteiger partial charge in [-0.2, -0.15) is 0 Å². The first-order chi connectivity index (χ1) is 7.72. The summed E-state index contributed by atoms with van der Waals surface area (Å²) >= 11 is 0. The first kappa shape index (κ1) is 16.7. The maximum atomic E-state index is 11.5. The zero-order chi connectivity index (χ0) is 11.8. The third-order valence-electron chi connectivity index (χ3n) is 3.02. The lowest BCUT2D eigenvalue weighted by molar-refractivity contribution is -0.122. The molecule has 1 rings (SSSR count). The molecule has 1 fully saturated rings. The minimum atomic E-state index is 0. The lowest BCUT2D eigenvalue weighted by atomic mass is 10.0. The van der Waals surface area contributed by atoms with E-state index in [1.807, 2.05) is 6.92 Å². The van der Waals surface area contributed by atoms with E-state index < -0.39 is 0 Å². The van der Waals surface area contributed by atoms with E-state index in [1.54, 1.807) is 0 Å². The number of carbonyl (C=O) groups is 1. The summed E-state index contributed by atoms with van der Waals surface area (Å²) in [6.45, 7) is 4.19. The molecule has 2 unspecified atom stereocenters. The molecule has 3 N–H and O–H groups in total. The minimum Gasteiger partial charge on any atom is -0.378 e. The quantitative estimate of drug-likeness (QED) is 0.764. The Kier molecular flexibility index (Phi) is 9.50. The van der Waals surface area contributed by atoms with Crippen LogP contribution in [-0.4, -0.2) is 31.7 Å². The number of hydrogen-bond donors (Lipinski definition) is 2. The zero-order valence-corrected chi connectivity index (χ0v) is 11.4. The Morgan fingerprint density at radius 1 is 1.53 bits per heavy atom. The van der Waals surface area contributed by atoms with Gasteiger partial charge in [-0.3, -0.25) is 4.79 Å². The van der Waals surface area contributed by atoms with Crippen LogP contribution in [0.4, 0.5) is 0 Å². The fraction of sp³-hybridized carbons (Fsp3) is 0.917. The number of nitrogens with one attached hydrogen (secondary N) is 1. The molecule has 4 nitrogen and oxygen atoms in total. The Labute approximate surface area is 110 Å². The number of rotatable bonds is 6. The lowest BCUT2D eigenvalue weighted by Gasteiger charge is -2.22. The van der Waals surface area contributed by atoms with Gasteiger partial charge in [-0.1, -0.05) is 6.92 Å². The number of carbonyl (C=O) groups excluding carboxylic acids is 1. The van der Waals surface area contributed by atoms with Crippen LogP contribution in [0.15, 0.2) is 0 Å². The molecule has 1 aliphatic rings. The van der Waals surface area contributed by atoms with Gasteiger partial charge in [0.15, 0.2) is 0 Å². The largest absolute Gasteiger partial charge is 0.378 e. The first-order valence-electron chi connectivity index (χ1n) is 6.30. The molecule has 0 bridgehead atoms. The van der Waals surface area contributed by atoms with E-state index in [2.05, 4.69) is 5.32 Å². The second-order valence-corrected chi connectivity index (χ2v) is 4.67. The summed E-state index contributed by atoms with van der Waals surface area (Å²) in [5.41, 5.74) is 5.48. The topological polar surface area (TPSA) is 64.3 Å². The van der Waals surface area contributed by atoms with Gasteiger partial charge in [0.25, 0.3) is 0 Å². The molecule has 17 heavy (non-hydrogen) atoms. The van der Waals surface area contributed by atoms with Crippen molar-refractivity contribution in [2.24, 2.45) is 11.7 Å². The van der Waals surface area contributed by atoms with E-state index >= 15 is 0 Å². The maximum Gasteiger partial charge on any atom is 0.220 e. The highest BCUT2D eigenvalue weighted by molar-refractivity contribution is 5.85. The average Bonchev–Trinajstić information content (AvgIpc) is 2.34. The van der Waals surface area contributed by atoms with Gasteiger partial charge in [0, 0.05) is 19.6 Å². The van der Waals surface area contributed by atoms with Gasteiger partial charge >= 0.3 is 0 Å². The standard InChI is InChI=1S/C12H24N2O2.ClH/c1-10(8-13)9-14-12(15)6-5-11-4-2-3-7-16-11;/h10-11H,2-9,13H2,1H3,(H,14,15);1H. The smallest absolute Gasteiger partial charge is 0.220 e. The highest BCUT2D eigenvalue weighted by Crippen LogP contribution is 2.16. The van der Waals surface area contributed by atoms with Crippen LogP contribution in [-0.2, 0) is 9.53 Å². The summed E-state index contributed by atoms with van der Waals surface area (Å²) < 4.78 is 5.58. The van der Waals surface area contributed by atoms with E-state index in [-0.39, 0.29) is 18.3 Å². The molecular formula is C12H25ClN2O2. The normalized spacial score (nSPS) is 21.4. The molecule has 0 saturated carbocycles. The van der Waals surface area contributed by atoms with Crippen LogP contribution in [0, 0.1) is 5.92 Å². The van der Waals surface area contributed by atoms with Gasteiger partial charge in [0.05, 0.1) is 6.10 Å². The first-order valence-corrected chi connectivity index (χ1v) is 6.30. The number of amides is 1. The zero-order valence-electron chi connectivity index (χ0n) is 10.6. The lowest BCUT2D eigenvalue weighted by Crippen LogP contribution is -2.32. The van der Waals surface area contributed by atoms with Crippen molar-refractivity contribution in [3.63, 3.8) is 0 Å². The summed E-state index contributed by atoms with van der Waals surface area (Å²) in [4.78, 5) is 11.5. The third-order valence-corrected chi connectivity index (χ3v) is 3.02. The molecular weight excluding hydrogens is 240 g/mol. The van der Waals surface area contributed by atoms with Crippen LogP contribution in [0.25, 0.3) is 0 Å². The molecule has 1 amide bonds. The second-order valence-electron chi connectivity index (χ2n) is 4.67. The van der Waals surface area contributed by atoms with E-state index in [4.69, 9.17) is 10.5 Å². The van der Waals surface area contributed by atoms with E-state index in [1.165, 1.54) is 6.42 Å². The number of nitrogens with two attached hydrogens (primary N) is 1. The van der Waals surface area contributed by atoms with Crippen molar-refractivity contribution in [1.82, 2.24) is 5.32 Å². The van der Waals surface area contributed by atoms with Gasteiger partial charge in [0.1, 0.15) is 0 Å². The maximum absolute atomic E-state index is 11.5.